The first-order valence-corrected chi connectivity index (χ1v) is 28.9. The van der Waals surface area contributed by atoms with Crippen LogP contribution in [0.25, 0.3) is 162 Å². The summed E-state index contributed by atoms with van der Waals surface area (Å²) in [5.74, 6) is 3.46. The fourth-order valence-electron chi connectivity index (χ4n) is 12.4. The van der Waals surface area contributed by atoms with Gasteiger partial charge in [-0.05, 0) is 107 Å². The zero-order valence-electron chi connectivity index (χ0n) is 47.0. The largest absolute Gasteiger partial charge is 0.456 e. The smallest absolute Gasteiger partial charge is 0.164 e. The van der Waals surface area contributed by atoms with Crippen LogP contribution in [-0.2, 0) is 0 Å². The molecule has 11 aromatic carbocycles. The van der Waals surface area contributed by atoms with Gasteiger partial charge in [-0.15, -0.1) is 0 Å². The average Bonchev–Trinajstić information content (AvgIpc) is 1.84. The molecule has 16 aromatic rings. The highest BCUT2D eigenvalue weighted by Gasteiger charge is 2.24. The lowest BCUT2D eigenvalue weighted by Crippen LogP contribution is -2.02. The van der Waals surface area contributed by atoms with Crippen molar-refractivity contribution in [3.05, 3.63) is 298 Å². The van der Waals surface area contributed by atoms with Crippen LogP contribution in [0.3, 0.4) is 0 Å². The number of benzene rings is 11. The Labute approximate surface area is 500 Å². The van der Waals surface area contributed by atoms with E-state index in [-0.39, 0.29) is 0 Å². The Balaban J connectivity index is 0.852. The number of aromatic nitrogens is 8. The summed E-state index contributed by atoms with van der Waals surface area (Å²) in [6.45, 7) is 8.07. The molecule has 87 heavy (non-hydrogen) atoms. The first-order chi connectivity index (χ1) is 43.0. The highest BCUT2D eigenvalue weighted by molar-refractivity contribution is 6.18. The lowest BCUT2D eigenvalue weighted by Gasteiger charge is -2.10. The van der Waals surface area contributed by atoms with E-state index in [1.165, 1.54) is 0 Å². The second-order valence-electron chi connectivity index (χ2n) is 21.5. The van der Waals surface area contributed by atoms with Crippen molar-refractivity contribution in [1.82, 2.24) is 39.0 Å². The fraction of sp³-hybridized carbons (Fsp3) is 0. The molecule has 0 aliphatic heterocycles. The fourth-order valence-corrected chi connectivity index (χ4v) is 12.4. The molecular weight excluding hydrogens is 1060 g/mol. The number of nitrogens with zero attached hydrogens (tertiary/aromatic N) is 8. The van der Waals surface area contributed by atoms with Crippen LogP contribution in [0.15, 0.2) is 297 Å². The molecule has 0 bridgehead atoms. The van der Waals surface area contributed by atoms with Gasteiger partial charge in [0.15, 0.2) is 34.9 Å². The van der Waals surface area contributed by atoms with E-state index in [2.05, 4.69) is 186 Å². The van der Waals surface area contributed by atoms with E-state index in [9.17, 15) is 0 Å². The summed E-state index contributed by atoms with van der Waals surface area (Å²) in [7, 11) is 0. The second-order valence-corrected chi connectivity index (χ2v) is 21.5. The SMILES string of the molecule is C=C/C=C(\C=C)c1nc(-c2ccccc2)nc(-c2cccc3c2c2cc(-c4ccc5oc6ccc(-c7ccc8c(c7)c7c(-c9nc(-c%10ccccc%10)nc(-c%10ccccc%10)n9)cccc7n8-c7ccccc7)cc6c5c4)ccc2n3-c2ccccc2)n1. The summed E-state index contributed by atoms with van der Waals surface area (Å²) in [5.41, 5.74) is 17.5. The Bertz CT molecular complexity index is 5360. The zero-order chi connectivity index (χ0) is 58.0. The topological polar surface area (TPSA) is 100 Å². The van der Waals surface area contributed by atoms with Crippen molar-refractivity contribution in [3.63, 3.8) is 0 Å². The van der Waals surface area contributed by atoms with E-state index in [1.807, 2.05) is 103 Å². The highest BCUT2D eigenvalue weighted by atomic mass is 16.3. The molecule has 0 spiro atoms. The third-order valence-electron chi connectivity index (χ3n) is 16.4. The maximum atomic E-state index is 6.64. The number of hydrogen-bond acceptors (Lipinski definition) is 7. The molecule has 5 heterocycles. The molecule has 408 valence electrons. The summed E-state index contributed by atoms with van der Waals surface area (Å²) in [4.78, 5) is 30.8. The van der Waals surface area contributed by atoms with Gasteiger partial charge in [-0.25, -0.2) is 29.9 Å². The van der Waals surface area contributed by atoms with E-state index in [4.69, 9.17) is 34.3 Å². The first kappa shape index (κ1) is 50.8. The maximum Gasteiger partial charge on any atom is 0.164 e. The minimum Gasteiger partial charge on any atom is -0.456 e. The van der Waals surface area contributed by atoms with Gasteiger partial charge in [0.2, 0.25) is 0 Å². The normalized spacial score (nSPS) is 11.8. The molecule has 9 nitrogen and oxygen atoms in total. The van der Waals surface area contributed by atoms with Crippen molar-refractivity contribution in [2.24, 2.45) is 0 Å². The summed E-state index contributed by atoms with van der Waals surface area (Å²) < 4.78 is 11.3. The van der Waals surface area contributed by atoms with Crippen molar-refractivity contribution < 1.29 is 4.42 Å². The Morgan fingerprint density at radius 1 is 0.322 bits per heavy atom. The number of rotatable bonds is 12. The molecule has 0 N–H and O–H groups in total. The number of para-hydroxylation sites is 2. The van der Waals surface area contributed by atoms with Crippen LogP contribution in [0.1, 0.15) is 5.82 Å². The van der Waals surface area contributed by atoms with Gasteiger partial charge in [0.25, 0.3) is 0 Å². The van der Waals surface area contributed by atoms with Crippen LogP contribution in [0, 0.1) is 0 Å². The first-order valence-electron chi connectivity index (χ1n) is 28.9. The number of allylic oxidation sites excluding steroid dienone is 4. The van der Waals surface area contributed by atoms with Gasteiger partial charge >= 0.3 is 0 Å². The van der Waals surface area contributed by atoms with Crippen LogP contribution in [0.4, 0.5) is 0 Å². The van der Waals surface area contributed by atoms with Crippen molar-refractivity contribution >= 4 is 71.1 Å². The molecule has 0 amide bonds. The van der Waals surface area contributed by atoms with E-state index in [0.717, 1.165) is 133 Å². The molecule has 0 atom stereocenters. The van der Waals surface area contributed by atoms with Crippen molar-refractivity contribution in [2.45, 2.75) is 0 Å². The molecule has 5 aromatic heterocycles. The van der Waals surface area contributed by atoms with E-state index < -0.39 is 0 Å². The molecule has 0 unspecified atom stereocenters. The molecule has 0 radical (unpaired) electrons. The quantitative estimate of drug-likeness (QED) is 0.112. The third kappa shape index (κ3) is 8.80. The Kier molecular flexibility index (Phi) is 12.3. The number of furan rings is 1. The summed E-state index contributed by atoms with van der Waals surface area (Å²) in [6, 6.07) is 90.7. The van der Waals surface area contributed by atoms with Crippen molar-refractivity contribution in [3.8, 4) is 90.6 Å². The van der Waals surface area contributed by atoms with Gasteiger partial charge in [-0.3, -0.25) is 0 Å². The second kappa shape index (κ2) is 21.0. The Morgan fingerprint density at radius 3 is 1.11 bits per heavy atom. The third-order valence-corrected chi connectivity index (χ3v) is 16.4. The molecule has 0 aliphatic rings. The molecular formula is C78H50N8O. The van der Waals surface area contributed by atoms with Crippen LogP contribution >= 0.6 is 0 Å². The van der Waals surface area contributed by atoms with Crippen LogP contribution in [0.5, 0.6) is 0 Å². The maximum absolute atomic E-state index is 6.64. The van der Waals surface area contributed by atoms with Gasteiger partial charge in [0, 0.05) is 77.1 Å². The molecule has 0 aliphatic carbocycles. The van der Waals surface area contributed by atoms with Gasteiger partial charge in [-0.1, -0.05) is 207 Å². The van der Waals surface area contributed by atoms with Gasteiger partial charge < -0.3 is 13.6 Å². The van der Waals surface area contributed by atoms with Gasteiger partial charge in [-0.2, -0.15) is 0 Å². The van der Waals surface area contributed by atoms with E-state index in [0.29, 0.717) is 34.9 Å². The van der Waals surface area contributed by atoms with Gasteiger partial charge in [0.1, 0.15) is 11.2 Å². The van der Waals surface area contributed by atoms with Crippen LogP contribution in [-0.4, -0.2) is 39.0 Å². The molecule has 16 rings (SSSR count). The lowest BCUT2D eigenvalue weighted by atomic mass is 9.97. The molecule has 0 saturated carbocycles. The predicted octanol–water partition coefficient (Wildman–Crippen LogP) is 19.6. The van der Waals surface area contributed by atoms with E-state index in [1.54, 1.807) is 12.2 Å². The minimum absolute atomic E-state index is 0.513. The zero-order valence-corrected chi connectivity index (χ0v) is 47.0. The van der Waals surface area contributed by atoms with Crippen LogP contribution in [0.2, 0.25) is 0 Å². The number of hydrogen-bond donors (Lipinski definition) is 0. The standard InChI is InChI=1S/C78H50N8O/c1-3-22-49(4-2)73-79-74(50-23-10-5-11-24-50)82-77(81-73)59-33-20-35-67-71(59)63-47-53(37-41-65(63)85(67)57-29-16-8-17-30-57)55-39-43-69-61(45-55)62-46-56(40-44-70(62)87-69)54-38-42-66-64(48-54)72-60(34-21-36-68(72)86(66)58-31-18-9-19-32-58)78-83-75(51-25-12-6-13-26-51)80-76(84-78)52-27-14-7-15-28-52/h3-48H,1-2H2/b49-22+. The average molecular weight is 1120 g/mol. The van der Waals surface area contributed by atoms with Crippen molar-refractivity contribution in [2.75, 3.05) is 0 Å². The van der Waals surface area contributed by atoms with Crippen LogP contribution < -0.4 is 0 Å². The minimum atomic E-state index is 0.513. The predicted molar refractivity (Wildman–Crippen MR) is 356 cm³/mol. The Hall–Kier alpha value is -11.9. The molecule has 9 heteroatoms. The molecule has 0 saturated heterocycles. The Morgan fingerprint density at radius 2 is 0.690 bits per heavy atom. The number of fused-ring (bicyclic) bond motifs is 9. The molecule has 0 fully saturated rings. The van der Waals surface area contributed by atoms with Gasteiger partial charge in [0.05, 0.1) is 22.1 Å². The summed E-state index contributed by atoms with van der Waals surface area (Å²) in [6.07, 6.45) is 5.36. The summed E-state index contributed by atoms with van der Waals surface area (Å²) in [5, 5.41) is 6.27. The summed E-state index contributed by atoms with van der Waals surface area (Å²) >= 11 is 0. The monoisotopic (exact) mass is 1110 g/mol. The van der Waals surface area contributed by atoms with Crippen molar-refractivity contribution in [1.29, 1.82) is 0 Å². The lowest BCUT2D eigenvalue weighted by molar-refractivity contribution is 0.669. The van der Waals surface area contributed by atoms with E-state index >= 15 is 0 Å². The highest BCUT2D eigenvalue weighted by Crippen LogP contribution is 2.44.